The Morgan fingerprint density at radius 3 is 1.90 bits per heavy atom. The largest absolute Gasteiger partial charge is 0.508 e. The molecule has 172 valence electrons. The van der Waals surface area contributed by atoms with E-state index < -0.39 is 12.2 Å². The Balaban J connectivity index is 1.98. The molecule has 4 nitrogen and oxygen atoms in total. The Bertz CT molecular complexity index is 540. The van der Waals surface area contributed by atoms with Crippen molar-refractivity contribution < 1.29 is 20.1 Å². The van der Waals surface area contributed by atoms with E-state index in [4.69, 9.17) is 0 Å². The number of unbranched alkanes of at least 4 members (excludes halogenated alkanes) is 10. The number of aromatic hydroxyl groups is 1. The van der Waals surface area contributed by atoms with Crippen LogP contribution in [0.4, 0.5) is 0 Å². The zero-order valence-corrected chi connectivity index (χ0v) is 19.0. The van der Waals surface area contributed by atoms with Gasteiger partial charge < -0.3 is 15.3 Å². The molecule has 0 heterocycles. The first kappa shape index (κ1) is 26.6. The van der Waals surface area contributed by atoms with E-state index in [1.54, 1.807) is 24.3 Å². The zero-order valence-electron chi connectivity index (χ0n) is 19.0. The molecule has 0 aliphatic rings. The molecule has 4 heteroatoms. The Morgan fingerprint density at radius 2 is 1.33 bits per heavy atom. The number of phenolic OH excluding ortho intramolecular Hbond substituents is 1. The van der Waals surface area contributed by atoms with Gasteiger partial charge in [-0.25, -0.2) is 0 Å². The van der Waals surface area contributed by atoms with Crippen LogP contribution in [0.5, 0.6) is 5.75 Å². The molecule has 0 saturated heterocycles. The number of ketones is 1. The lowest BCUT2D eigenvalue weighted by molar-refractivity contribution is -0.121. The third kappa shape index (κ3) is 14.6. The summed E-state index contributed by atoms with van der Waals surface area (Å²) in [5, 5.41) is 29.5. The van der Waals surface area contributed by atoms with Gasteiger partial charge in [0.05, 0.1) is 12.2 Å². The fourth-order valence-corrected chi connectivity index (χ4v) is 3.87. The molecule has 1 aromatic carbocycles. The number of hydrogen-bond donors (Lipinski definition) is 3. The molecule has 3 N–H and O–H groups in total. The highest BCUT2D eigenvalue weighted by Crippen LogP contribution is 2.16. The third-order valence-electron chi connectivity index (χ3n) is 5.78. The number of carbonyl (C=O) groups is 1. The first-order valence-corrected chi connectivity index (χ1v) is 12.2. The number of phenols is 1. The Labute approximate surface area is 183 Å². The number of hydrogen-bond acceptors (Lipinski definition) is 4. The maximum Gasteiger partial charge on any atom is 0.135 e. The van der Waals surface area contributed by atoms with Crippen molar-refractivity contribution in [2.75, 3.05) is 0 Å². The molecule has 0 fully saturated rings. The lowest BCUT2D eigenvalue weighted by atomic mass is 9.98. The summed E-state index contributed by atoms with van der Waals surface area (Å²) in [7, 11) is 0. The molecule has 1 aromatic rings. The van der Waals surface area contributed by atoms with Crippen molar-refractivity contribution in [2.24, 2.45) is 0 Å². The van der Waals surface area contributed by atoms with Gasteiger partial charge in [0, 0.05) is 12.8 Å². The van der Waals surface area contributed by atoms with E-state index in [0.29, 0.717) is 19.3 Å². The fraction of sp³-hybridized carbons (Fsp3) is 0.731. The molecule has 0 amide bonds. The average molecular weight is 421 g/mol. The Kier molecular flexibility index (Phi) is 15.4. The van der Waals surface area contributed by atoms with Crippen molar-refractivity contribution in [3.8, 4) is 5.75 Å². The molecule has 0 radical (unpaired) electrons. The summed E-state index contributed by atoms with van der Waals surface area (Å²) < 4.78 is 0. The standard InChI is InChI=1S/C26H44O4/c1-2-3-4-5-6-7-8-9-10-11-12-13-24(28)20-26(30)21-25(29)19-16-22-14-17-23(27)18-15-22/h14-15,17-18,24,26-28,30H,2-13,16,19-21H2,1H3/t24-,26+/m0/s1. The highest BCUT2D eigenvalue weighted by Gasteiger charge is 2.15. The van der Waals surface area contributed by atoms with Crippen LogP contribution < -0.4 is 0 Å². The lowest BCUT2D eigenvalue weighted by Crippen LogP contribution is -2.21. The molecule has 0 spiro atoms. The van der Waals surface area contributed by atoms with E-state index >= 15 is 0 Å². The third-order valence-corrected chi connectivity index (χ3v) is 5.78. The summed E-state index contributed by atoms with van der Waals surface area (Å²) in [6.45, 7) is 2.25. The van der Waals surface area contributed by atoms with E-state index in [-0.39, 0.29) is 24.4 Å². The van der Waals surface area contributed by atoms with Crippen molar-refractivity contribution in [2.45, 2.75) is 122 Å². The molecule has 0 aliphatic heterocycles. The minimum Gasteiger partial charge on any atom is -0.508 e. The van der Waals surface area contributed by atoms with E-state index in [1.165, 1.54) is 57.8 Å². The first-order valence-electron chi connectivity index (χ1n) is 12.2. The number of aliphatic hydroxyl groups is 2. The predicted molar refractivity (Wildman–Crippen MR) is 124 cm³/mol. The molecule has 0 saturated carbocycles. The smallest absolute Gasteiger partial charge is 0.135 e. The van der Waals surface area contributed by atoms with Gasteiger partial charge in [0.25, 0.3) is 0 Å². The van der Waals surface area contributed by atoms with Crippen molar-refractivity contribution in [1.82, 2.24) is 0 Å². The molecule has 30 heavy (non-hydrogen) atoms. The molecule has 0 bridgehead atoms. The van der Waals surface area contributed by atoms with Gasteiger partial charge in [-0.3, -0.25) is 4.79 Å². The zero-order chi connectivity index (χ0) is 22.0. The number of carbonyl (C=O) groups excluding carboxylic acids is 1. The van der Waals surface area contributed by atoms with Crippen LogP contribution in [0, 0.1) is 0 Å². The fourth-order valence-electron chi connectivity index (χ4n) is 3.87. The summed E-state index contributed by atoms with van der Waals surface area (Å²) in [6, 6.07) is 6.83. The molecular weight excluding hydrogens is 376 g/mol. The number of benzene rings is 1. The van der Waals surface area contributed by atoms with Gasteiger partial charge in [-0.2, -0.15) is 0 Å². The summed E-state index contributed by atoms with van der Waals surface area (Å²) in [4.78, 5) is 12.0. The molecular formula is C26H44O4. The highest BCUT2D eigenvalue weighted by atomic mass is 16.3. The average Bonchev–Trinajstić information content (AvgIpc) is 2.71. The second-order valence-electron chi connectivity index (χ2n) is 8.78. The van der Waals surface area contributed by atoms with Crippen LogP contribution >= 0.6 is 0 Å². The first-order chi connectivity index (χ1) is 14.5. The second-order valence-corrected chi connectivity index (χ2v) is 8.78. The minimum absolute atomic E-state index is 0.0115. The molecule has 0 aliphatic carbocycles. The van der Waals surface area contributed by atoms with Crippen molar-refractivity contribution in [3.63, 3.8) is 0 Å². The maximum atomic E-state index is 12.0. The number of rotatable bonds is 19. The molecule has 0 aromatic heterocycles. The van der Waals surface area contributed by atoms with Crippen LogP contribution in [-0.2, 0) is 11.2 Å². The molecule has 0 unspecified atom stereocenters. The molecule has 2 atom stereocenters. The Morgan fingerprint density at radius 1 is 0.800 bits per heavy atom. The van der Waals surface area contributed by atoms with E-state index in [2.05, 4.69) is 6.92 Å². The quantitative estimate of drug-likeness (QED) is 0.236. The maximum absolute atomic E-state index is 12.0. The number of Topliss-reactive ketones (excluding diaryl/α,β-unsaturated/α-hetero) is 1. The van der Waals surface area contributed by atoms with E-state index in [9.17, 15) is 20.1 Å². The van der Waals surface area contributed by atoms with Gasteiger partial charge in [-0.15, -0.1) is 0 Å². The highest BCUT2D eigenvalue weighted by molar-refractivity contribution is 5.79. The second kappa shape index (κ2) is 17.3. The van der Waals surface area contributed by atoms with Crippen LogP contribution in [0.2, 0.25) is 0 Å². The summed E-state index contributed by atoms with van der Waals surface area (Å²) in [5.74, 6) is 0.227. The molecule has 1 rings (SSSR count). The van der Waals surface area contributed by atoms with Gasteiger partial charge in [0.1, 0.15) is 11.5 Å². The predicted octanol–water partition coefficient (Wildman–Crippen LogP) is 6.10. The van der Waals surface area contributed by atoms with Crippen LogP contribution in [0.15, 0.2) is 24.3 Å². The summed E-state index contributed by atoms with van der Waals surface area (Å²) >= 11 is 0. The van der Waals surface area contributed by atoms with Crippen molar-refractivity contribution in [1.29, 1.82) is 0 Å². The van der Waals surface area contributed by atoms with Gasteiger partial charge in [0.15, 0.2) is 0 Å². The van der Waals surface area contributed by atoms with Gasteiger partial charge >= 0.3 is 0 Å². The van der Waals surface area contributed by atoms with Crippen molar-refractivity contribution in [3.05, 3.63) is 29.8 Å². The SMILES string of the molecule is CCCCCCCCCCCCC[C@H](O)C[C@@H](O)CC(=O)CCc1ccc(O)cc1. The van der Waals surface area contributed by atoms with E-state index in [1.807, 2.05) is 0 Å². The van der Waals surface area contributed by atoms with Crippen LogP contribution in [0.3, 0.4) is 0 Å². The number of aryl methyl sites for hydroxylation is 1. The minimum atomic E-state index is -0.764. The van der Waals surface area contributed by atoms with E-state index in [0.717, 1.165) is 18.4 Å². The van der Waals surface area contributed by atoms with Crippen LogP contribution in [0.25, 0.3) is 0 Å². The van der Waals surface area contributed by atoms with Crippen LogP contribution in [0.1, 0.15) is 109 Å². The van der Waals surface area contributed by atoms with Crippen molar-refractivity contribution >= 4 is 5.78 Å². The topological polar surface area (TPSA) is 77.8 Å². The normalized spacial score (nSPS) is 13.3. The summed E-state index contributed by atoms with van der Waals surface area (Å²) in [6.07, 6.45) is 14.9. The summed E-state index contributed by atoms with van der Waals surface area (Å²) in [5.41, 5.74) is 0.993. The number of aliphatic hydroxyl groups excluding tert-OH is 2. The Hall–Kier alpha value is -1.39. The van der Waals surface area contributed by atoms with Crippen LogP contribution in [-0.4, -0.2) is 33.3 Å². The van der Waals surface area contributed by atoms with Gasteiger partial charge in [-0.05, 0) is 37.0 Å². The van der Waals surface area contributed by atoms with Gasteiger partial charge in [0.2, 0.25) is 0 Å². The van der Waals surface area contributed by atoms with Gasteiger partial charge in [-0.1, -0.05) is 89.7 Å². The lowest BCUT2D eigenvalue weighted by Gasteiger charge is -2.15. The monoisotopic (exact) mass is 420 g/mol.